The van der Waals surface area contributed by atoms with Crippen LogP contribution in [0.4, 0.5) is 0 Å². The maximum Gasteiger partial charge on any atom is 0.119 e. The molecule has 4 nitrogen and oxygen atoms in total. The lowest BCUT2D eigenvalue weighted by Crippen LogP contribution is -2.36. The number of ether oxygens (including phenoxy) is 1. The normalized spacial score (nSPS) is 21.1. The van der Waals surface area contributed by atoms with Crippen molar-refractivity contribution < 1.29 is 14.9 Å². The van der Waals surface area contributed by atoms with Gasteiger partial charge in [0.15, 0.2) is 0 Å². The third-order valence-corrected chi connectivity index (χ3v) is 4.54. The van der Waals surface area contributed by atoms with Crippen molar-refractivity contribution in [1.82, 2.24) is 4.90 Å². The highest BCUT2D eigenvalue weighted by molar-refractivity contribution is 5.27. The Morgan fingerprint density at radius 3 is 2.42 bits per heavy atom. The van der Waals surface area contributed by atoms with Crippen LogP contribution in [-0.4, -0.2) is 47.0 Å². The summed E-state index contributed by atoms with van der Waals surface area (Å²) in [5, 5.41) is 19.3. The van der Waals surface area contributed by atoms with Crippen LogP contribution in [0.25, 0.3) is 0 Å². The first-order valence-corrected chi connectivity index (χ1v) is 8.48. The van der Waals surface area contributed by atoms with E-state index in [1.54, 1.807) is 0 Å². The van der Waals surface area contributed by atoms with Crippen LogP contribution < -0.4 is 4.74 Å². The van der Waals surface area contributed by atoms with Crippen LogP contribution >= 0.6 is 0 Å². The molecule has 128 valence electrons. The molecule has 1 fully saturated rings. The Balaban J connectivity index is 1.45. The SMILES string of the molecule is OCC1(O)CCN(Cc2ccc(OCCc3ccccc3)cc2)C1. The zero-order chi connectivity index (χ0) is 16.8. The fourth-order valence-corrected chi connectivity index (χ4v) is 3.09. The van der Waals surface area contributed by atoms with E-state index in [-0.39, 0.29) is 6.61 Å². The Labute approximate surface area is 143 Å². The van der Waals surface area contributed by atoms with E-state index in [4.69, 9.17) is 4.74 Å². The molecule has 1 unspecified atom stereocenters. The van der Waals surface area contributed by atoms with Gasteiger partial charge in [0, 0.05) is 26.1 Å². The van der Waals surface area contributed by atoms with Crippen molar-refractivity contribution in [3.8, 4) is 5.75 Å². The quantitative estimate of drug-likeness (QED) is 0.819. The van der Waals surface area contributed by atoms with Gasteiger partial charge < -0.3 is 14.9 Å². The number of β-amino-alcohol motifs (C(OH)–C–C–N with tert-alkyl or cyclic N) is 1. The number of rotatable bonds is 7. The second-order valence-electron chi connectivity index (χ2n) is 6.57. The molecule has 0 saturated carbocycles. The Morgan fingerprint density at radius 1 is 1.00 bits per heavy atom. The minimum absolute atomic E-state index is 0.169. The first-order valence-electron chi connectivity index (χ1n) is 8.48. The number of aliphatic hydroxyl groups is 2. The summed E-state index contributed by atoms with van der Waals surface area (Å²) >= 11 is 0. The number of benzene rings is 2. The summed E-state index contributed by atoms with van der Waals surface area (Å²) in [5.74, 6) is 0.878. The molecule has 1 atom stereocenters. The second-order valence-corrected chi connectivity index (χ2v) is 6.57. The highest BCUT2D eigenvalue weighted by atomic mass is 16.5. The van der Waals surface area contributed by atoms with Gasteiger partial charge in [0.1, 0.15) is 11.4 Å². The number of nitrogens with zero attached hydrogens (tertiary/aromatic N) is 1. The topological polar surface area (TPSA) is 52.9 Å². The maximum atomic E-state index is 10.1. The lowest BCUT2D eigenvalue weighted by molar-refractivity contribution is -0.00580. The van der Waals surface area contributed by atoms with Gasteiger partial charge in [-0.1, -0.05) is 42.5 Å². The van der Waals surface area contributed by atoms with Crippen molar-refractivity contribution in [2.24, 2.45) is 0 Å². The first kappa shape index (κ1) is 17.0. The van der Waals surface area contributed by atoms with Gasteiger partial charge in [-0.2, -0.15) is 0 Å². The molecule has 4 heteroatoms. The Kier molecular flexibility index (Phi) is 5.51. The summed E-state index contributed by atoms with van der Waals surface area (Å²) in [5.41, 5.74) is 1.53. The zero-order valence-corrected chi connectivity index (χ0v) is 13.9. The predicted octanol–water partition coefficient (Wildman–Crippen LogP) is 2.24. The van der Waals surface area contributed by atoms with E-state index in [0.717, 1.165) is 25.3 Å². The summed E-state index contributed by atoms with van der Waals surface area (Å²) in [6.07, 6.45) is 1.53. The fraction of sp³-hybridized carbons (Fsp3) is 0.400. The van der Waals surface area contributed by atoms with Crippen LogP contribution in [-0.2, 0) is 13.0 Å². The number of likely N-dealkylation sites (tertiary alicyclic amines) is 1. The van der Waals surface area contributed by atoms with Crippen molar-refractivity contribution in [1.29, 1.82) is 0 Å². The third-order valence-electron chi connectivity index (χ3n) is 4.54. The Bertz CT molecular complexity index is 629. The van der Waals surface area contributed by atoms with E-state index < -0.39 is 5.60 Å². The summed E-state index contributed by atoms with van der Waals surface area (Å²) in [4.78, 5) is 2.17. The van der Waals surface area contributed by atoms with Gasteiger partial charge in [0.05, 0.1) is 13.2 Å². The van der Waals surface area contributed by atoms with Crippen LogP contribution in [0.1, 0.15) is 17.5 Å². The molecule has 0 amide bonds. The number of hydrogen-bond acceptors (Lipinski definition) is 4. The molecule has 1 heterocycles. The van der Waals surface area contributed by atoms with Gasteiger partial charge in [0.25, 0.3) is 0 Å². The van der Waals surface area contributed by atoms with E-state index in [1.807, 2.05) is 30.3 Å². The monoisotopic (exact) mass is 327 g/mol. The standard InChI is InChI=1S/C20H25NO3/c22-16-20(23)11-12-21(15-20)14-18-6-8-19(9-7-18)24-13-10-17-4-2-1-3-5-17/h1-9,22-23H,10-16H2. The van der Waals surface area contributed by atoms with Crippen molar-refractivity contribution in [2.45, 2.75) is 25.0 Å². The van der Waals surface area contributed by atoms with Gasteiger partial charge >= 0.3 is 0 Å². The molecular weight excluding hydrogens is 302 g/mol. The molecule has 0 radical (unpaired) electrons. The van der Waals surface area contributed by atoms with Crippen LogP contribution in [0.5, 0.6) is 5.75 Å². The third kappa shape index (κ3) is 4.57. The van der Waals surface area contributed by atoms with E-state index in [2.05, 4.69) is 29.2 Å². The van der Waals surface area contributed by atoms with Crippen LogP contribution in [0.15, 0.2) is 54.6 Å². The molecule has 0 bridgehead atoms. The molecule has 0 aliphatic carbocycles. The van der Waals surface area contributed by atoms with Gasteiger partial charge in [-0.15, -0.1) is 0 Å². The largest absolute Gasteiger partial charge is 0.493 e. The minimum atomic E-state index is -0.930. The minimum Gasteiger partial charge on any atom is -0.493 e. The molecule has 0 spiro atoms. The molecule has 2 N–H and O–H groups in total. The van der Waals surface area contributed by atoms with E-state index >= 15 is 0 Å². The van der Waals surface area contributed by atoms with E-state index in [0.29, 0.717) is 19.6 Å². The average Bonchev–Trinajstić information content (AvgIpc) is 2.99. The summed E-state index contributed by atoms with van der Waals surface area (Å²) < 4.78 is 5.80. The van der Waals surface area contributed by atoms with E-state index in [1.165, 1.54) is 11.1 Å². The second kappa shape index (κ2) is 7.79. The molecule has 1 saturated heterocycles. The van der Waals surface area contributed by atoms with Crippen LogP contribution in [0.3, 0.4) is 0 Å². The summed E-state index contributed by atoms with van der Waals surface area (Å²) in [6.45, 7) is 2.62. The van der Waals surface area contributed by atoms with Crippen molar-refractivity contribution in [3.05, 3.63) is 65.7 Å². The van der Waals surface area contributed by atoms with Crippen molar-refractivity contribution in [3.63, 3.8) is 0 Å². The zero-order valence-electron chi connectivity index (χ0n) is 13.9. The maximum absolute atomic E-state index is 10.1. The smallest absolute Gasteiger partial charge is 0.119 e. The number of hydrogen-bond donors (Lipinski definition) is 2. The van der Waals surface area contributed by atoms with Gasteiger partial charge in [-0.25, -0.2) is 0 Å². The lowest BCUT2D eigenvalue weighted by atomic mass is 10.1. The summed E-state index contributed by atoms with van der Waals surface area (Å²) in [7, 11) is 0. The van der Waals surface area contributed by atoms with Crippen molar-refractivity contribution in [2.75, 3.05) is 26.3 Å². The molecule has 1 aliphatic heterocycles. The van der Waals surface area contributed by atoms with E-state index in [9.17, 15) is 10.2 Å². The molecule has 2 aromatic carbocycles. The molecular formula is C20H25NO3. The lowest BCUT2D eigenvalue weighted by Gasteiger charge is -2.21. The number of aliphatic hydroxyl groups excluding tert-OH is 1. The first-order chi connectivity index (χ1) is 11.7. The van der Waals surface area contributed by atoms with Crippen LogP contribution in [0, 0.1) is 0 Å². The molecule has 1 aliphatic rings. The van der Waals surface area contributed by atoms with Gasteiger partial charge in [-0.3, -0.25) is 4.90 Å². The van der Waals surface area contributed by atoms with Crippen LogP contribution in [0.2, 0.25) is 0 Å². The average molecular weight is 327 g/mol. The molecule has 2 aromatic rings. The van der Waals surface area contributed by atoms with Gasteiger partial charge in [-0.05, 0) is 29.7 Å². The van der Waals surface area contributed by atoms with Crippen molar-refractivity contribution >= 4 is 0 Å². The predicted molar refractivity (Wildman–Crippen MR) is 94.0 cm³/mol. The summed E-state index contributed by atoms with van der Waals surface area (Å²) in [6, 6.07) is 18.4. The Morgan fingerprint density at radius 2 is 1.75 bits per heavy atom. The highest BCUT2D eigenvalue weighted by Gasteiger charge is 2.35. The fourth-order valence-electron chi connectivity index (χ4n) is 3.09. The molecule has 0 aromatic heterocycles. The van der Waals surface area contributed by atoms with Gasteiger partial charge in [0.2, 0.25) is 0 Å². The molecule has 24 heavy (non-hydrogen) atoms. The molecule has 3 rings (SSSR count). The highest BCUT2D eigenvalue weighted by Crippen LogP contribution is 2.23. The Hall–Kier alpha value is -1.88.